The first-order chi connectivity index (χ1) is 17.2. The second-order valence-electron chi connectivity index (χ2n) is 8.47. The van der Waals surface area contributed by atoms with Gasteiger partial charge in [0.15, 0.2) is 11.3 Å². The number of alkyl halides is 3. The Labute approximate surface area is 204 Å². The van der Waals surface area contributed by atoms with Crippen LogP contribution in [0.15, 0.2) is 48.5 Å². The first kappa shape index (κ1) is 23.7. The number of benzene rings is 1. The SMILES string of the molecule is Cc1nc2c(C)cc(-c3ccccc3C(F)(F)F)nn2c1C(=O)Nc1cccc(N2CCOCC2)n1. The minimum absolute atomic E-state index is 0.0763. The Morgan fingerprint density at radius 2 is 1.78 bits per heavy atom. The summed E-state index contributed by atoms with van der Waals surface area (Å²) in [7, 11) is 0. The number of rotatable bonds is 4. The molecule has 11 heteroatoms. The molecule has 0 unspecified atom stereocenters. The predicted octanol–water partition coefficient (Wildman–Crippen LogP) is 4.52. The number of anilines is 2. The van der Waals surface area contributed by atoms with Gasteiger partial charge in [0.25, 0.3) is 5.91 Å². The summed E-state index contributed by atoms with van der Waals surface area (Å²) in [6.45, 7) is 5.97. The van der Waals surface area contributed by atoms with Crippen LogP contribution in [0.1, 0.15) is 27.3 Å². The summed E-state index contributed by atoms with van der Waals surface area (Å²) in [6.07, 6.45) is -4.55. The van der Waals surface area contributed by atoms with Crippen LogP contribution in [0.3, 0.4) is 0 Å². The zero-order valence-corrected chi connectivity index (χ0v) is 19.6. The van der Waals surface area contributed by atoms with Crippen molar-refractivity contribution < 1.29 is 22.7 Å². The summed E-state index contributed by atoms with van der Waals surface area (Å²) in [5.41, 5.74) is 0.710. The van der Waals surface area contributed by atoms with Crippen LogP contribution in [-0.2, 0) is 10.9 Å². The number of carbonyl (C=O) groups is 1. The molecule has 0 spiro atoms. The maximum Gasteiger partial charge on any atom is 0.417 e. The number of nitrogens with zero attached hydrogens (tertiary/aromatic N) is 5. The zero-order valence-electron chi connectivity index (χ0n) is 19.6. The van der Waals surface area contributed by atoms with Gasteiger partial charge in [0, 0.05) is 18.7 Å². The van der Waals surface area contributed by atoms with Crippen molar-refractivity contribution in [2.24, 2.45) is 0 Å². The number of amides is 1. The highest BCUT2D eigenvalue weighted by Crippen LogP contribution is 2.36. The first-order valence-electron chi connectivity index (χ1n) is 11.4. The van der Waals surface area contributed by atoms with E-state index in [-0.39, 0.29) is 17.0 Å². The van der Waals surface area contributed by atoms with Crippen molar-refractivity contribution in [3.05, 3.63) is 71.0 Å². The lowest BCUT2D eigenvalue weighted by atomic mass is 10.0. The van der Waals surface area contributed by atoms with E-state index in [4.69, 9.17) is 4.74 Å². The zero-order chi connectivity index (χ0) is 25.4. The smallest absolute Gasteiger partial charge is 0.378 e. The van der Waals surface area contributed by atoms with E-state index in [0.717, 1.165) is 6.07 Å². The number of imidazole rings is 1. The second kappa shape index (κ2) is 9.23. The molecule has 186 valence electrons. The molecule has 4 aromatic rings. The molecular weight excluding hydrogens is 473 g/mol. The van der Waals surface area contributed by atoms with E-state index in [1.54, 1.807) is 32.0 Å². The molecule has 0 aliphatic carbocycles. The van der Waals surface area contributed by atoms with Crippen molar-refractivity contribution in [3.8, 4) is 11.3 Å². The molecule has 1 saturated heterocycles. The van der Waals surface area contributed by atoms with Crippen molar-refractivity contribution >= 4 is 23.2 Å². The number of nitrogens with one attached hydrogen (secondary N) is 1. The Kier molecular flexibility index (Phi) is 6.09. The van der Waals surface area contributed by atoms with Gasteiger partial charge in [-0.1, -0.05) is 24.3 Å². The quantitative estimate of drug-likeness (QED) is 0.448. The molecule has 4 heterocycles. The minimum atomic E-state index is -4.55. The molecule has 0 atom stereocenters. The van der Waals surface area contributed by atoms with Gasteiger partial charge < -0.3 is 15.0 Å². The number of morpholine rings is 1. The van der Waals surface area contributed by atoms with Crippen LogP contribution in [0.2, 0.25) is 0 Å². The third-order valence-corrected chi connectivity index (χ3v) is 5.98. The molecule has 0 bridgehead atoms. The second-order valence-corrected chi connectivity index (χ2v) is 8.47. The molecule has 0 saturated carbocycles. The minimum Gasteiger partial charge on any atom is -0.378 e. The third-order valence-electron chi connectivity index (χ3n) is 5.98. The molecule has 3 aromatic heterocycles. The number of aromatic nitrogens is 4. The Morgan fingerprint density at radius 1 is 1.03 bits per heavy atom. The summed E-state index contributed by atoms with van der Waals surface area (Å²) in [5, 5.41) is 7.19. The van der Waals surface area contributed by atoms with Gasteiger partial charge in [-0.15, -0.1) is 0 Å². The van der Waals surface area contributed by atoms with E-state index in [2.05, 4.69) is 25.3 Å². The molecule has 1 aliphatic rings. The van der Waals surface area contributed by atoms with E-state index in [0.29, 0.717) is 54.8 Å². The van der Waals surface area contributed by atoms with Crippen molar-refractivity contribution in [1.29, 1.82) is 0 Å². The number of aryl methyl sites for hydroxylation is 2. The number of hydrogen-bond donors (Lipinski definition) is 1. The van der Waals surface area contributed by atoms with E-state index < -0.39 is 17.6 Å². The molecule has 36 heavy (non-hydrogen) atoms. The van der Waals surface area contributed by atoms with Gasteiger partial charge >= 0.3 is 6.18 Å². The van der Waals surface area contributed by atoms with Crippen LogP contribution >= 0.6 is 0 Å². The average molecular weight is 496 g/mol. The first-order valence-corrected chi connectivity index (χ1v) is 11.4. The van der Waals surface area contributed by atoms with Crippen molar-refractivity contribution in [2.45, 2.75) is 20.0 Å². The van der Waals surface area contributed by atoms with Crippen LogP contribution < -0.4 is 10.2 Å². The topological polar surface area (TPSA) is 84.7 Å². The van der Waals surface area contributed by atoms with Gasteiger partial charge in [-0.05, 0) is 43.7 Å². The number of halogens is 3. The van der Waals surface area contributed by atoms with Gasteiger partial charge in [0.05, 0.1) is 30.2 Å². The predicted molar refractivity (Wildman–Crippen MR) is 128 cm³/mol. The van der Waals surface area contributed by atoms with Gasteiger partial charge in [-0.25, -0.2) is 14.5 Å². The maximum absolute atomic E-state index is 13.6. The molecule has 0 radical (unpaired) electrons. The molecule has 1 aromatic carbocycles. The monoisotopic (exact) mass is 496 g/mol. The molecule has 8 nitrogen and oxygen atoms in total. The van der Waals surface area contributed by atoms with Crippen LogP contribution in [-0.4, -0.2) is 51.8 Å². The summed E-state index contributed by atoms with van der Waals surface area (Å²) in [5.74, 6) is 0.541. The molecule has 1 amide bonds. The maximum atomic E-state index is 13.6. The molecule has 1 N–H and O–H groups in total. The lowest BCUT2D eigenvalue weighted by molar-refractivity contribution is -0.137. The van der Waals surface area contributed by atoms with E-state index >= 15 is 0 Å². The molecule has 1 fully saturated rings. The highest BCUT2D eigenvalue weighted by atomic mass is 19.4. The molecule has 1 aliphatic heterocycles. The number of carbonyl (C=O) groups excluding carboxylic acids is 1. The van der Waals surface area contributed by atoms with E-state index in [1.807, 2.05) is 6.07 Å². The highest BCUT2D eigenvalue weighted by molar-refractivity contribution is 6.04. The van der Waals surface area contributed by atoms with Crippen molar-refractivity contribution in [3.63, 3.8) is 0 Å². The van der Waals surface area contributed by atoms with Gasteiger partial charge in [-0.3, -0.25) is 4.79 Å². The van der Waals surface area contributed by atoms with E-state index in [1.165, 1.54) is 22.7 Å². The van der Waals surface area contributed by atoms with Gasteiger partial charge in [0.1, 0.15) is 11.6 Å². The lowest BCUT2D eigenvalue weighted by Crippen LogP contribution is -2.36. The Bertz CT molecular complexity index is 1440. The highest BCUT2D eigenvalue weighted by Gasteiger charge is 2.34. The molecular formula is C25H23F3N6O2. The van der Waals surface area contributed by atoms with Crippen LogP contribution in [0.4, 0.5) is 24.8 Å². The number of hydrogen-bond acceptors (Lipinski definition) is 6. The van der Waals surface area contributed by atoms with Gasteiger partial charge in [0.2, 0.25) is 0 Å². The third kappa shape index (κ3) is 4.49. The van der Waals surface area contributed by atoms with Gasteiger partial charge in [-0.2, -0.15) is 18.3 Å². The fraction of sp³-hybridized carbons (Fsp3) is 0.280. The van der Waals surface area contributed by atoms with Crippen LogP contribution in [0.5, 0.6) is 0 Å². The van der Waals surface area contributed by atoms with Crippen molar-refractivity contribution in [2.75, 3.05) is 36.5 Å². The summed E-state index contributed by atoms with van der Waals surface area (Å²) >= 11 is 0. The Balaban J connectivity index is 1.52. The fourth-order valence-corrected chi connectivity index (χ4v) is 4.26. The molecule has 5 rings (SSSR count). The standard InChI is InChI=1S/C25H23F3N6O2/c1-15-14-19(17-6-3-4-7-18(17)25(26,27)28)32-34-22(16(2)29-23(15)34)24(35)31-20-8-5-9-21(30-20)33-10-12-36-13-11-33/h3-9,14H,10-13H2,1-2H3,(H,30,31,35). The van der Waals surface area contributed by atoms with Crippen LogP contribution in [0, 0.1) is 13.8 Å². The Hall–Kier alpha value is -3.99. The van der Waals surface area contributed by atoms with Crippen LogP contribution in [0.25, 0.3) is 16.9 Å². The Morgan fingerprint density at radius 3 is 2.53 bits per heavy atom. The summed E-state index contributed by atoms with van der Waals surface area (Å²) < 4.78 is 47.6. The van der Waals surface area contributed by atoms with E-state index in [9.17, 15) is 18.0 Å². The average Bonchev–Trinajstić information content (AvgIpc) is 3.20. The van der Waals surface area contributed by atoms with Crippen molar-refractivity contribution in [1.82, 2.24) is 19.6 Å². The normalized spacial score (nSPS) is 14.3. The fourth-order valence-electron chi connectivity index (χ4n) is 4.26. The summed E-state index contributed by atoms with van der Waals surface area (Å²) in [6, 6.07) is 12.1. The number of ether oxygens (including phenoxy) is 1. The largest absolute Gasteiger partial charge is 0.417 e. The lowest BCUT2D eigenvalue weighted by Gasteiger charge is -2.28. The summed E-state index contributed by atoms with van der Waals surface area (Å²) in [4.78, 5) is 24.4. The number of pyridine rings is 1. The number of fused-ring (bicyclic) bond motifs is 1.